The summed E-state index contributed by atoms with van der Waals surface area (Å²) in [6.07, 6.45) is 9.14. The summed E-state index contributed by atoms with van der Waals surface area (Å²) >= 11 is 7.16. The minimum absolute atomic E-state index is 0.0283. The number of aliphatic imine (C=N–C) groups is 1. The molecule has 1 N–H and O–H groups in total. The van der Waals surface area contributed by atoms with Crippen molar-refractivity contribution in [1.82, 2.24) is 4.90 Å². The summed E-state index contributed by atoms with van der Waals surface area (Å²) in [6.45, 7) is 0.636. The van der Waals surface area contributed by atoms with E-state index in [4.69, 9.17) is 11.6 Å². The van der Waals surface area contributed by atoms with Crippen molar-refractivity contribution in [3.63, 3.8) is 0 Å². The van der Waals surface area contributed by atoms with Gasteiger partial charge in [-0.25, -0.2) is 4.99 Å². The van der Waals surface area contributed by atoms with Crippen molar-refractivity contribution in [1.29, 1.82) is 0 Å². The number of hydrogen-bond donors (Lipinski definition) is 1. The van der Waals surface area contributed by atoms with Crippen LogP contribution < -0.4 is 0 Å². The second-order valence-corrected chi connectivity index (χ2v) is 11.3. The number of carbonyl (C=O) groups is 2. The van der Waals surface area contributed by atoms with E-state index >= 15 is 0 Å². The van der Waals surface area contributed by atoms with Crippen molar-refractivity contribution < 1.29 is 14.7 Å². The van der Waals surface area contributed by atoms with Crippen molar-refractivity contribution in [3.05, 3.63) is 29.3 Å². The van der Waals surface area contributed by atoms with Gasteiger partial charge in [-0.15, -0.1) is 0 Å². The third kappa shape index (κ3) is 4.01. The van der Waals surface area contributed by atoms with Gasteiger partial charge in [0.2, 0.25) is 5.91 Å². The first kappa shape index (κ1) is 20.4. The smallest absolute Gasteiger partial charge is 0.317 e. The molecule has 1 amide bonds. The van der Waals surface area contributed by atoms with Gasteiger partial charge in [-0.2, -0.15) is 0 Å². The zero-order valence-corrected chi connectivity index (χ0v) is 18.5. The lowest BCUT2D eigenvalue weighted by Crippen LogP contribution is -2.49. The van der Waals surface area contributed by atoms with Crippen LogP contribution in [0.15, 0.2) is 29.3 Å². The number of thioether (sulfide) groups is 1. The maximum absolute atomic E-state index is 12.9. The molecule has 160 valence electrons. The molecule has 1 saturated heterocycles. The van der Waals surface area contributed by atoms with E-state index in [1.807, 2.05) is 0 Å². The van der Waals surface area contributed by atoms with Gasteiger partial charge in [0.1, 0.15) is 5.25 Å². The van der Waals surface area contributed by atoms with E-state index in [9.17, 15) is 14.7 Å². The number of carboxylic acids is 1. The highest BCUT2D eigenvalue weighted by Crippen LogP contribution is 2.61. The molecule has 4 saturated carbocycles. The Morgan fingerprint density at radius 2 is 1.73 bits per heavy atom. The molecule has 4 bridgehead atoms. The molecule has 1 atom stereocenters. The lowest BCUT2D eigenvalue weighted by Gasteiger charge is -2.57. The quantitative estimate of drug-likeness (QED) is 0.661. The minimum atomic E-state index is -0.960. The molecule has 5 nitrogen and oxygen atoms in total. The number of nitrogens with zero attached hydrogens (tertiary/aromatic N) is 2. The third-order valence-corrected chi connectivity index (χ3v) is 8.92. The molecule has 0 spiro atoms. The highest BCUT2D eigenvalue weighted by atomic mass is 35.5. The van der Waals surface area contributed by atoms with Crippen LogP contribution in [0.3, 0.4) is 0 Å². The molecule has 0 radical (unpaired) electrons. The molecule has 5 fully saturated rings. The third-order valence-electron chi connectivity index (χ3n) is 7.50. The van der Waals surface area contributed by atoms with Gasteiger partial charge in [-0.3, -0.25) is 14.5 Å². The van der Waals surface area contributed by atoms with Crippen molar-refractivity contribution in [2.75, 3.05) is 6.54 Å². The Labute approximate surface area is 186 Å². The molecule has 30 heavy (non-hydrogen) atoms. The van der Waals surface area contributed by atoms with Gasteiger partial charge in [-0.1, -0.05) is 23.4 Å². The van der Waals surface area contributed by atoms with E-state index in [0.29, 0.717) is 27.8 Å². The molecule has 1 unspecified atom stereocenters. The van der Waals surface area contributed by atoms with E-state index < -0.39 is 11.2 Å². The zero-order valence-electron chi connectivity index (χ0n) is 16.9. The first-order valence-corrected chi connectivity index (χ1v) is 12.2. The lowest BCUT2D eigenvalue weighted by molar-refractivity contribution is -0.139. The van der Waals surface area contributed by atoms with Crippen LogP contribution in [0.25, 0.3) is 0 Å². The summed E-state index contributed by atoms with van der Waals surface area (Å²) in [5.74, 6) is 1.54. The number of carbonyl (C=O) groups excluding carboxylic acids is 1. The summed E-state index contributed by atoms with van der Waals surface area (Å²) in [7, 11) is 0. The van der Waals surface area contributed by atoms with Crippen LogP contribution >= 0.6 is 23.4 Å². The van der Waals surface area contributed by atoms with Crippen LogP contribution in [0.5, 0.6) is 0 Å². The van der Waals surface area contributed by atoms with E-state index in [2.05, 4.69) is 4.99 Å². The Bertz CT molecular complexity index is 850. The van der Waals surface area contributed by atoms with Crippen molar-refractivity contribution >= 4 is 46.1 Å². The molecule has 4 aliphatic carbocycles. The Morgan fingerprint density at radius 1 is 1.13 bits per heavy atom. The Hall–Kier alpha value is -1.53. The summed E-state index contributed by atoms with van der Waals surface area (Å²) in [5, 5.41) is 9.83. The van der Waals surface area contributed by atoms with Gasteiger partial charge < -0.3 is 5.11 Å². The highest BCUT2D eigenvalue weighted by Gasteiger charge is 2.51. The first-order chi connectivity index (χ1) is 14.4. The number of halogens is 1. The molecule has 6 rings (SSSR count). The normalized spacial score (nSPS) is 36.5. The number of amides is 1. The number of rotatable bonds is 5. The van der Waals surface area contributed by atoms with Crippen LogP contribution in [0, 0.1) is 23.2 Å². The first-order valence-electron chi connectivity index (χ1n) is 10.9. The van der Waals surface area contributed by atoms with Gasteiger partial charge in [0.15, 0.2) is 5.17 Å². The maximum Gasteiger partial charge on any atom is 0.317 e. The second-order valence-electron chi connectivity index (χ2n) is 9.73. The predicted molar refractivity (Wildman–Crippen MR) is 119 cm³/mol. The topological polar surface area (TPSA) is 70.0 Å². The summed E-state index contributed by atoms with van der Waals surface area (Å²) < 4.78 is 0. The average molecular weight is 447 g/mol. The standard InChI is InChI=1S/C23H27ClN2O3S/c24-17-1-3-18(4-2-17)25-22-26(20(27)10-19(30-22)21(28)29)6-5-23-11-14-7-15(12-23)9-16(8-14)13-23/h1-4,14-16,19H,5-13H2,(H,28,29)/b25-22+. The lowest BCUT2D eigenvalue weighted by atomic mass is 9.49. The average Bonchev–Trinajstić information content (AvgIpc) is 2.68. The number of benzene rings is 1. The van der Waals surface area contributed by atoms with Crippen molar-refractivity contribution in [2.45, 2.75) is 56.6 Å². The fraction of sp³-hybridized carbons (Fsp3) is 0.609. The van der Waals surface area contributed by atoms with Crippen LogP contribution in [-0.2, 0) is 9.59 Å². The van der Waals surface area contributed by atoms with E-state index in [1.165, 1.54) is 50.3 Å². The maximum atomic E-state index is 12.9. The minimum Gasteiger partial charge on any atom is -0.480 e. The summed E-state index contributed by atoms with van der Waals surface area (Å²) in [4.78, 5) is 30.9. The molecular weight excluding hydrogens is 420 g/mol. The summed E-state index contributed by atoms with van der Waals surface area (Å²) in [5.41, 5.74) is 1.05. The molecule has 7 heteroatoms. The fourth-order valence-electron chi connectivity index (χ4n) is 6.62. The van der Waals surface area contributed by atoms with Gasteiger partial charge in [0.25, 0.3) is 0 Å². The summed E-state index contributed by atoms with van der Waals surface area (Å²) in [6, 6.07) is 7.10. The number of hydrogen-bond acceptors (Lipinski definition) is 4. The highest BCUT2D eigenvalue weighted by molar-refractivity contribution is 8.15. The molecule has 0 aromatic heterocycles. The van der Waals surface area contributed by atoms with E-state index in [-0.39, 0.29) is 12.3 Å². The van der Waals surface area contributed by atoms with Crippen molar-refractivity contribution in [3.8, 4) is 0 Å². The van der Waals surface area contributed by atoms with Gasteiger partial charge in [0, 0.05) is 11.6 Å². The number of carboxylic acid groups (broad SMARTS) is 1. The SMILES string of the molecule is O=C(O)C1CC(=O)N(CCC23CC4CC(CC(C4)C2)C3)/C(=N\c2ccc(Cl)cc2)S1. The second kappa shape index (κ2) is 7.86. The van der Waals surface area contributed by atoms with E-state index in [1.54, 1.807) is 29.2 Å². The molecule has 1 heterocycles. The molecule has 1 aromatic rings. The number of amidine groups is 1. The Balaban J connectivity index is 1.36. The monoisotopic (exact) mass is 446 g/mol. The Kier molecular flexibility index (Phi) is 5.34. The van der Waals surface area contributed by atoms with Crippen LogP contribution in [0.4, 0.5) is 5.69 Å². The van der Waals surface area contributed by atoms with Gasteiger partial charge in [0.05, 0.1) is 12.1 Å². The number of aliphatic carboxylic acids is 1. The van der Waals surface area contributed by atoms with Crippen LogP contribution in [0.2, 0.25) is 5.02 Å². The van der Waals surface area contributed by atoms with Crippen LogP contribution in [-0.4, -0.2) is 38.8 Å². The van der Waals surface area contributed by atoms with Gasteiger partial charge >= 0.3 is 5.97 Å². The fourth-order valence-corrected chi connectivity index (χ4v) is 7.81. The Morgan fingerprint density at radius 3 is 2.30 bits per heavy atom. The molecular formula is C23H27ClN2O3S. The zero-order chi connectivity index (χ0) is 20.9. The van der Waals surface area contributed by atoms with Crippen molar-refractivity contribution in [2.24, 2.45) is 28.2 Å². The van der Waals surface area contributed by atoms with Gasteiger partial charge in [-0.05, 0) is 92.4 Å². The molecule has 5 aliphatic rings. The predicted octanol–water partition coefficient (Wildman–Crippen LogP) is 5.35. The largest absolute Gasteiger partial charge is 0.480 e. The van der Waals surface area contributed by atoms with Crippen LogP contribution in [0.1, 0.15) is 51.4 Å². The van der Waals surface area contributed by atoms with E-state index in [0.717, 1.165) is 24.2 Å². The molecule has 1 aromatic carbocycles. The molecule has 1 aliphatic heterocycles.